The first-order valence-electron chi connectivity index (χ1n) is 9.43. The van der Waals surface area contributed by atoms with E-state index in [1.54, 1.807) is 6.07 Å². The molecule has 4 rings (SSSR count). The lowest BCUT2D eigenvalue weighted by molar-refractivity contribution is -0.169. The third kappa shape index (κ3) is 3.72. The molecule has 8 nitrogen and oxygen atoms in total. The Balaban J connectivity index is 1.39. The predicted molar refractivity (Wildman–Crippen MR) is 96.1 cm³/mol. The molecule has 3 aliphatic heterocycles. The van der Waals surface area contributed by atoms with Crippen LogP contribution in [0.1, 0.15) is 36.0 Å². The van der Waals surface area contributed by atoms with Gasteiger partial charge in [0.2, 0.25) is 11.8 Å². The fourth-order valence-corrected chi connectivity index (χ4v) is 3.84. The fraction of sp³-hybridized carbons (Fsp3) is 0.526. The van der Waals surface area contributed by atoms with E-state index in [1.165, 1.54) is 12.1 Å². The third-order valence-corrected chi connectivity index (χ3v) is 5.45. The Kier molecular flexibility index (Phi) is 5.03. The molecule has 1 spiro atoms. The highest BCUT2D eigenvalue weighted by Gasteiger charge is 2.40. The lowest BCUT2D eigenvalue weighted by Crippen LogP contribution is -2.52. The largest absolute Gasteiger partial charge is 0.371 e. The minimum Gasteiger partial charge on any atom is -0.371 e. The molecule has 0 aliphatic carbocycles. The van der Waals surface area contributed by atoms with Crippen LogP contribution in [-0.4, -0.2) is 55.9 Å². The Labute approximate surface area is 161 Å². The van der Waals surface area contributed by atoms with E-state index < -0.39 is 29.5 Å². The molecule has 1 unspecified atom stereocenters. The molecule has 3 amide bonds. The summed E-state index contributed by atoms with van der Waals surface area (Å²) in [4.78, 5) is 37.3. The lowest BCUT2D eigenvalue weighted by Gasteiger charge is -2.38. The van der Waals surface area contributed by atoms with Crippen molar-refractivity contribution < 1.29 is 28.2 Å². The SMILES string of the molecule is O=C1CCC(NC(=O)c2ccc(N3CCC4(CC3)OCCO4)cc2F)C(=O)N1. The average Bonchev–Trinajstić information content (AvgIpc) is 3.12. The molecule has 3 fully saturated rings. The molecule has 1 aromatic rings. The summed E-state index contributed by atoms with van der Waals surface area (Å²) < 4.78 is 26.0. The van der Waals surface area contributed by atoms with Crippen LogP contribution in [0.3, 0.4) is 0 Å². The van der Waals surface area contributed by atoms with Crippen molar-refractivity contribution in [2.45, 2.75) is 37.5 Å². The van der Waals surface area contributed by atoms with Crippen LogP contribution in [0.15, 0.2) is 18.2 Å². The van der Waals surface area contributed by atoms with Crippen molar-refractivity contribution in [3.05, 3.63) is 29.6 Å². The first-order chi connectivity index (χ1) is 13.5. The van der Waals surface area contributed by atoms with Gasteiger partial charge in [-0.05, 0) is 24.6 Å². The molecule has 150 valence electrons. The van der Waals surface area contributed by atoms with Crippen LogP contribution in [0.2, 0.25) is 0 Å². The van der Waals surface area contributed by atoms with E-state index in [4.69, 9.17) is 9.47 Å². The second-order valence-corrected chi connectivity index (χ2v) is 7.24. The summed E-state index contributed by atoms with van der Waals surface area (Å²) in [7, 11) is 0. The Morgan fingerprint density at radius 1 is 1.21 bits per heavy atom. The summed E-state index contributed by atoms with van der Waals surface area (Å²) in [6.07, 6.45) is 1.75. The topological polar surface area (TPSA) is 97.0 Å². The maximum Gasteiger partial charge on any atom is 0.254 e. The van der Waals surface area contributed by atoms with Gasteiger partial charge in [-0.1, -0.05) is 0 Å². The van der Waals surface area contributed by atoms with Gasteiger partial charge in [-0.15, -0.1) is 0 Å². The molecule has 1 atom stereocenters. The van der Waals surface area contributed by atoms with E-state index in [1.807, 2.05) is 4.90 Å². The molecule has 3 saturated heterocycles. The molecule has 0 radical (unpaired) electrons. The van der Waals surface area contributed by atoms with Gasteiger partial charge >= 0.3 is 0 Å². The zero-order valence-electron chi connectivity index (χ0n) is 15.3. The van der Waals surface area contributed by atoms with Gasteiger partial charge in [0.15, 0.2) is 5.79 Å². The highest BCUT2D eigenvalue weighted by Crippen LogP contribution is 2.33. The first kappa shape index (κ1) is 18.8. The first-order valence-corrected chi connectivity index (χ1v) is 9.43. The quantitative estimate of drug-likeness (QED) is 0.737. The van der Waals surface area contributed by atoms with Crippen LogP contribution in [0, 0.1) is 5.82 Å². The summed E-state index contributed by atoms with van der Waals surface area (Å²) in [6, 6.07) is 3.59. The molecule has 3 heterocycles. The Morgan fingerprint density at radius 2 is 1.93 bits per heavy atom. The van der Waals surface area contributed by atoms with E-state index in [-0.39, 0.29) is 24.3 Å². The standard InChI is InChI=1S/C19H22FN3O5/c20-14-11-12(23-7-5-19(6-8-23)27-9-10-28-19)1-2-13(14)17(25)21-15-3-4-16(24)22-18(15)26/h1-2,11,15H,3-10H2,(H,21,25)(H,22,24,26). The van der Waals surface area contributed by atoms with Crippen molar-refractivity contribution in [2.75, 3.05) is 31.2 Å². The van der Waals surface area contributed by atoms with Gasteiger partial charge in [-0.3, -0.25) is 19.7 Å². The smallest absolute Gasteiger partial charge is 0.254 e. The summed E-state index contributed by atoms with van der Waals surface area (Å²) >= 11 is 0. The molecule has 28 heavy (non-hydrogen) atoms. The second kappa shape index (κ2) is 7.48. The monoisotopic (exact) mass is 391 g/mol. The number of ether oxygens (including phenoxy) is 2. The highest BCUT2D eigenvalue weighted by atomic mass is 19.1. The number of hydrogen-bond donors (Lipinski definition) is 2. The minimum absolute atomic E-state index is 0.135. The number of benzene rings is 1. The molecule has 3 aliphatic rings. The molecule has 1 aromatic carbocycles. The normalized spacial score (nSPS) is 24.3. The van der Waals surface area contributed by atoms with Crippen molar-refractivity contribution in [1.82, 2.24) is 10.6 Å². The van der Waals surface area contributed by atoms with Gasteiger partial charge in [0, 0.05) is 38.0 Å². The number of nitrogens with zero attached hydrogens (tertiary/aromatic N) is 1. The number of nitrogens with one attached hydrogen (secondary N) is 2. The molecular formula is C19H22FN3O5. The maximum absolute atomic E-state index is 14.6. The van der Waals surface area contributed by atoms with Crippen LogP contribution < -0.4 is 15.5 Å². The number of hydrogen-bond acceptors (Lipinski definition) is 6. The Bertz CT molecular complexity index is 799. The minimum atomic E-state index is -0.839. The van der Waals surface area contributed by atoms with Crippen LogP contribution in [0.25, 0.3) is 0 Å². The molecule has 0 saturated carbocycles. The zero-order chi connectivity index (χ0) is 19.7. The van der Waals surface area contributed by atoms with E-state index in [0.717, 1.165) is 0 Å². The van der Waals surface area contributed by atoms with Gasteiger partial charge in [0.25, 0.3) is 5.91 Å². The number of piperidine rings is 2. The zero-order valence-corrected chi connectivity index (χ0v) is 15.3. The molecule has 0 aromatic heterocycles. The van der Waals surface area contributed by atoms with Crippen molar-refractivity contribution >= 4 is 23.4 Å². The number of amides is 3. The average molecular weight is 391 g/mol. The number of imide groups is 1. The number of halogens is 1. The van der Waals surface area contributed by atoms with E-state index >= 15 is 0 Å². The Hall–Kier alpha value is -2.52. The summed E-state index contributed by atoms with van der Waals surface area (Å²) in [6.45, 7) is 2.54. The van der Waals surface area contributed by atoms with Crippen molar-refractivity contribution in [2.24, 2.45) is 0 Å². The third-order valence-electron chi connectivity index (χ3n) is 5.45. The van der Waals surface area contributed by atoms with Gasteiger partial charge in [0.1, 0.15) is 11.9 Å². The van der Waals surface area contributed by atoms with Crippen LogP contribution in [0.4, 0.5) is 10.1 Å². The Morgan fingerprint density at radius 3 is 2.57 bits per heavy atom. The molecule has 2 N–H and O–H groups in total. The van der Waals surface area contributed by atoms with Crippen molar-refractivity contribution in [1.29, 1.82) is 0 Å². The van der Waals surface area contributed by atoms with Crippen molar-refractivity contribution in [3.8, 4) is 0 Å². The fourth-order valence-electron chi connectivity index (χ4n) is 3.84. The number of rotatable bonds is 3. The summed E-state index contributed by atoms with van der Waals surface area (Å²) in [5.41, 5.74) is 0.548. The van der Waals surface area contributed by atoms with Crippen molar-refractivity contribution in [3.63, 3.8) is 0 Å². The van der Waals surface area contributed by atoms with Crippen LogP contribution >= 0.6 is 0 Å². The second-order valence-electron chi connectivity index (χ2n) is 7.24. The van der Waals surface area contributed by atoms with Gasteiger partial charge in [0.05, 0.1) is 18.8 Å². The number of carbonyl (C=O) groups excluding carboxylic acids is 3. The van der Waals surface area contributed by atoms with E-state index in [0.29, 0.717) is 44.8 Å². The molecular weight excluding hydrogens is 369 g/mol. The number of carbonyl (C=O) groups is 3. The highest BCUT2D eigenvalue weighted by molar-refractivity contribution is 6.03. The van der Waals surface area contributed by atoms with E-state index in [2.05, 4.69) is 10.6 Å². The van der Waals surface area contributed by atoms with Gasteiger partial charge < -0.3 is 19.7 Å². The molecule has 9 heteroatoms. The summed E-state index contributed by atoms with van der Waals surface area (Å²) in [5.74, 6) is -2.78. The number of anilines is 1. The van der Waals surface area contributed by atoms with Gasteiger partial charge in [-0.25, -0.2) is 4.39 Å². The molecule has 0 bridgehead atoms. The van der Waals surface area contributed by atoms with Gasteiger partial charge in [-0.2, -0.15) is 0 Å². The maximum atomic E-state index is 14.6. The lowest BCUT2D eigenvalue weighted by atomic mass is 10.0. The van der Waals surface area contributed by atoms with Crippen LogP contribution in [0.5, 0.6) is 0 Å². The van der Waals surface area contributed by atoms with E-state index in [9.17, 15) is 18.8 Å². The van der Waals surface area contributed by atoms with Crippen LogP contribution in [-0.2, 0) is 19.1 Å². The predicted octanol–water partition coefficient (Wildman–Crippen LogP) is 0.704. The summed E-state index contributed by atoms with van der Waals surface area (Å²) in [5, 5.41) is 4.65.